The highest BCUT2D eigenvalue weighted by atomic mass is 127. The molecule has 2 N–H and O–H groups in total. The maximum atomic E-state index is 4.23. The molecule has 0 aliphatic carbocycles. The van der Waals surface area contributed by atoms with Gasteiger partial charge in [0.1, 0.15) is 0 Å². The summed E-state index contributed by atoms with van der Waals surface area (Å²) in [5, 5.41) is 6.72. The lowest BCUT2D eigenvalue weighted by molar-refractivity contribution is 0.377. The molecule has 0 saturated carbocycles. The number of guanidine groups is 1. The zero-order valence-corrected chi connectivity index (χ0v) is 16.0. The zero-order chi connectivity index (χ0) is 13.5. The maximum Gasteiger partial charge on any atom is 0.191 e. The predicted octanol–water partition coefficient (Wildman–Crippen LogP) is 3.35. The molecule has 110 valence electrons. The Morgan fingerprint density at radius 2 is 1.67 bits per heavy atom. The molecule has 0 amide bonds. The third kappa shape index (κ3) is 11.4. The largest absolute Gasteiger partial charge is 0.356 e. The van der Waals surface area contributed by atoms with Gasteiger partial charge in [0.25, 0.3) is 0 Å². The number of thioether (sulfide) groups is 1. The summed E-state index contributed by atoms with van der Waals surface area (Å²) in [5.41, 5.74) is 0.365. The molecule has 0 aromatic rings. The Hall–Kier alpha value is 0.350. The fourth-order valence-electron chi connectivity index (χ4n) is 1.15. The second-order valence-electron chi connectivity index (χ2n) is 6.13. The van der Waals surface area contributed by atoms with Crippen LogP contribution in [0, 0.1) is 5.41 Å². The van der Waals surface area contributed by atoms with Crippen LogP contribution in [0.25, 0.3) is 0 Å². The van der Waals surface area contributed by atoms with Gasteiger partial charge in [0.2, 0.25) is 0 Å². The van der Waals surface area contributed by atoms with Gasteiger partial charge in [0.15, 0.2) is 5.96 Å². The minimum absolute atomic E-state index is 0. The van der Waals surface area contributed by atoms with Crippen molar-refractivity contribution in [1.82, 2.24) is 10.6 Å². The van der Waals surface area contributed by atoms with Gasteiger partial charge in [-0.05, 0) is 31.9 Å². The van der Waals surface area contributed by atoms with Gasteiger partial charge < -0.3 is 10.6 Å². The van der Waals surface area contributed by atoms with Crippen molar-refractivity contribution in [3.05, 3.63) is 0 Å². The van der Waals surface area contributed by atoms with Crippen molar-refractivity contribution in [2.45, 2.75) is 45.8 Å². The number of aliphatic imine (C=N–C) groups is 1. The van der Waals surface area contributed by atoms with Crippen LogP contribution >= 0.6 is 35.7 Å². The third-order valence-electron chi connectivity index (χ3n) is 2.63. The van der Waals surface area contributed by atoms with E-state index in [0.717, 1.165) is 25.5 Å². The fraction of sp³-hybridized carbons (Fsp3) is 0.923. The Bertz CT molecular complexity index is 247. The van der Waals surface area contributed by atoms with Crippen LogP contribution in [0.4, 0.5) is 0 Å². The summed E-state index contributed by atoms with van der Waals surface area (Å²) >= 11 is 1.86. The van der Waals surface area contributed by atoms with Gasteiger partial charge in [-0.15, -0.1) is 24.0 Å². The first-order valence-electron chi connectivity index (χ1n) is 6.20. The Morgan fingerprint density at radius 3 is 2.06 bits per heavy atom. The highest BCUT2D eigenvalue weighted by molar-refractivity contribution is 14.0. The van der Waals surface area contributed by atoms with Crippen molar-refractivity contribution >= 4 is 41.7 Å². The second kappa shape index (κ2) is 9.28. The molecule has 0 bridgehead atoms. The molecular weight excluding hydrogens is 357 g/mol. The lowest BCUT2D eigenvalue weighted by Gasteiger charge is -2.24. The summed E-state index contributed by atoms with van der Waals surface area (Å²) in [6, 6.07) is 0. The summed E-state index contributed by atoms with van der Waals surface area (Å²) in [7, 11) is 1.82. The lowest BCUT2D eigenvalue weighted by Crippen LogP contribution is -2.43. The van der Waals surface area contributed by atoms with Crippen LogP contribution in [0.1, 0.15) is 41.0 Å². The first-order valence-corrected chi connectivity index (χ1v) is 7.42. The number of rotatable bonds is 5. The predicted molar refractivity (Wildman–Crippen MR) is 96.4 cm³/mol. The number of hydrogen-bond donors (Lipinski definition) is 2. The van der Waals surface area contributed by atoms with Crippen LogP contribution in [0.5, 0.6) is 0 Å². The second-order valence-corrected chi connectivity index (χ2v) is 7.64. The topological polar surface area (TPSA) is 36.4 Å². The fourth-order valence-corrected chi connectivity index (χ4v) is 1.36. The van der Waals surface area contributed by atoms with Crippen molar-refractivity contribution in [2.75, 3.05) is 26.4 Å². The molecule has 0 aromatic carbocycles. The van der Waals surface area contributed by atoms with Gasteiger partial charge in [0, 0.05) is 24.9 Å². The van der Waals surface area contributed by atoms with Gasteiger partial charge in [-0.2, -0.15) is 11.8 Å². The average Bonchev–Trinajstić information content (AvgIpc) is 2.21. The van der Waals surface area contributed by atoms with Crippen LogP contribution in [0.15, 0.2) is 4.99 Å². The third-order valence-corrected chi connectivity index (χ3v) is 3.87. The normalized spacial score (nSPS) is 12.9. The molecule has 3 nitrogen and oxygen atoms in total. The van der Waals surface area contributed by atoms with Gasteiger partial charge in [-0.3, -0.25) is 4.99 Å². The maximum absolute atomic E-state index is 4.23. The number of hydrogen-bond acceptors (Lipinski definition) is 2. The molecule has 0 aromatic heterocycles. The molecule has 0 atom stereocenters. The smallest absolute Gasteiger partial charge is 0.191 e. The molecule has 0 unspecified atom stereocenters. The highest BCUT2D eigenvalue weighted by Crippen LogP contribution is 2.19. The quantitative estimate of drug-likeness (QED) is 0.432. The monoisotopic (exact) mass is 387 g/mol. The molecule has 0 heterocycles. The minimum Gasteiger partial charge on any atom is -0.356 e. The molecule has 0 rings (SSSR count). The summed E-state index contributed by atoms with van der Waals surface area (Å²) in [6.07, 6.45) is 3.27. The van der Waals surface area contributed by atoms with Crippen molar-refractivity contribution in [1.29, 1.82) is 0 Å². The first kappa shape index (κ1) is 20.7. The summed E-state index contributed by atoms with van der Waals surface area (Å²) < 4.78 is 0.238. The van der Waals surface area contributed by atoms with Gasteiger partial charge >= 0.3 is 0 Å². The molecule has 18 heavy (non-hydrogen) atoms. The molecule has 0 aliphatic rings. The Balaban J connectivity index is 0. The molecule has 5 heteroatoms. The minimum atomic E-state index is 0. The number of nitrogens with one attached hydrogen (secondary N) is 2. The van der Waals surface area contributed by atoms with Gasteiger partial charge in [-0.25, -0.2) is 0 Å². The van der Waals surface area contributed by atoms with Gasteiger partial charge in [0.05, 0.1) is 0 Å². The van der Waals surface area contributed by atoms with Crippen LogP contribution < -0.4 is 10.6 Å². The van der Waals surface area contributed by atoms with Crippen molar-refractivity contribution in [2.24, 2.45) is 10.4 Å². The lowest BCUT2D eigenvalue weighted by atomic mass is 9.92. The van der Waals surface area contributed by atoms with Crippen molar-refractivity contribution in [3.63, 3.8) is 0 Å². The van der Waals surface area contributed by atoms with E-state index in [2.05, 4.69) is 56.5 Å². The van der Waals surface area contributed by atoms with Crippen LogP contribution in [0.2, 0.25) is 0 Å². The van der Waals surface area contributed by atoms with Crippen LogP contribution in [-0.2, 0) is 0 Å². The molecular formula is C13H30IN3S. The Labute approximate surface area is 134 Å². The molecule has 0 saturated heterocycles. The standard InChI is InChI=1S/C13H29N3S.HI/c1-12(2,3)8-9-15-11(14-6)16-10-13(4,5)17-7;/h8-10H2,1-7H3,(H2,14,15,16);1H. The van der Waals surface area contributed by atoms with E-state index in [0.29, 0.717) is 5.41 Å². The van der Waals surface area contributed by atoms with Crippen molar-refractivity contribution in [3.8, 4) is 0 Å². The Morgan fingerprint density at radius 1 is 1.11 bits per heavy atom. The van der Waals surface area contributed by atoms with Crippen molar-refractivity contribution < 1.29 is 0 Å². The van der Waals surface area contributed by atoms with Crippen LogP contribution in [0.3, 0.4) is 0 Å². The summed E-state index contributed by atoms with van der Waals surface area (Å²) in [5.74, 6) is 0.899. The van der Waals surface area contributed by atoms with E-state index >= 15 is 0 Å². The number of nitrogens with zero attached hydrogens (tertiary/aromatic N) is 1. The van der Waals surface area contributed by atoms with Gasteiger partial charge in [-0.1, -0.05) is 20.8 Å². The van der Waals surface area contributed by atoms with E-state index in [1.165, 1.54) is 0 Å². The van der Waals surface area contributed by atoms with E-state index < -0.39 is 0 Å². The summed E-state index contributed by atoms with van der Waals surface area (Å²) in [4.78, 5) is 4.23. The Kier molecular flexibility index (Phi) is 10.7. The molecule has 0 spiro atoms. The molecule has 0 aliphatic heterocycles. The first-order chi connectivity index (χ1) is 7.70. The van der Waals surface area contributed by atoms with E-state index in [4.69, 9.17) is 0 Å². The van der Waals surface area contributed by atoms with E-state index in [1.807, 2.05) is 18.8 Å². The summed E-state index contributed by atoms with van der Waals surface area (Å²) in [6.45, 7) is 13.1. The molecule has 0 radical (unpaired) electrons. The zero-order valence-electron chi connectivity index (χ0n) is 12.9. The van der Waals surface area contributed by atoms with E-state index in [1.54, 1.807) is 0 Å². The SMILES string of the molecule is CN=C(NCCC(C)(C)C)NCC(C)(C)SC.I. The highest BCUT2D eigenvalue weighted by Gasteiger charge is 2.16. The molecule has 0 fully saturated rings. The van der Waals surface area contributed by atoms with Crippen LogP contribution in [-0.4, -0.2) is 37.1 Å². The average molecular weight is 387 g/mol. The number of halogens is 1. The van der Waals surface area contributed by atoms with E-state index in [9.17, 15) is 0 Å². The van der Waals surface area contributed by atoms with E-state index in [-0.39, 0.29) is 28.7 Å².